The van der Waals surface area contributed by atoms with E-state index in [2.05, 4.69) is 22.2 Å². The third-order valence-electron chi connectivity index (χ3n) is 3.20. The molecule has 0 radical (unpaired) electrons. The molecule has 0 unspecified atom stereocenters. The van der Waals surface area contributed by atoms with Gasteiger partial charge in [-0.2, -0.15) is 0 Å². The molecule has 0 atom stereocenters. The molecule has 1 aromatic carbocycles. The Hall–Kier alpha value is -2.08. The molecule has 1 N–H and O–H groups in total. The van der Waals surface area contributed by atoms with Gasteiger partial charge in [0.1, 0.15) is 22.3 Å². The van der Waals surface area contributed by atoms with Crippen molar-refractivity contribution in [1.29, 1.82) is 0 Å². The third kappa shape index (κ3) is 2.47. The molecule has 0 bridgehead atoms. The molecule has 2 heterocycles. The average Bonchev–Trinajstić information content (AvgIpc) is 2.91. The van der Waals surface area contributed by atoms with Crippen LogP contribution in [0, 0.1) is 11.6 Å². The van der Waals surface area contributed by atoms with Gasteiger partial charge in [-0.05, 0) is 30.7 Å². The molecule has 108 valence electrons. The summed E-state index contributed by atoms with van der Waals surface area (Å²) >= 11 is 1.54. The molecule has 0 aliphatic heterocycles. The van der Waals surface area contributed by atoms with E-state index in [4.69, 9.17) is 0 Å². The summed E-state index contributed by atoms with van der Waals surface area (Å²) in [5.41, 5.74) is 0.0693. The van der Waals surface area contributed by atoms with Crippen LogP contribution in [0.4, 0.5) is 14.6 Å². The SMILES string of the molecule is CCc1cc2c(NC)nc(-c3cc(F)ccc3F)nc2s1. The molecule has 0 amide bonds. The number of benzene rings is 1. The minimum absolute atomic E-state index is 0.0693. The lowest BCUT2D eigenvalue weighted by molar-refractivity contribution is 0.602. The Kier molecular flexibility index (Phi) is 3.55. The van der Waals surface area contributed by atoms with Gasteiger partial charge >= 0.3 is 0 Å². The highest BCUT2D eigenvalue weighted by atomic mass is 32.1. The molecule has 3 aromatic rings. The zero-order chi connectivity index (χ0) is 15.0. The highest BCUT2D eigenvalue weighted by Gasteiger charge is 2.15. The number of thiophene rings is 1. The lowest BCUT2D eigenvalue weighted by Gasteiger charge is -2.06. The van der Waals surface area contributed by atoms with Crippen molar-refractivity contribution in [1.82, 2.24) is 9.97 Å². The topological polar surface area (TPSA) is 37.8 Å². The van der Waals surface area contributed by atoms with E-state index in [1.165, 1.54) is 16.2 Å². The molecule has 0 aliphatic rings. The molecule has 0 spiro atoms. The van der Waals surface area contributed by atoms with Crippen LogP contribution >= 0.6 is 11.3 Å². The first-order chi connectivity index (χ1) is 10.1. The first-order valence-corrected chi connectivity index (χ1v) is 7.37. The van der Waals surface area contributed by atoms with Gasteiger partial charge in [-0.1, -0.05) is 6.92 Å². The fraction of sp³-hybridized carbons (Fsp3) is 0.200. The largest absolute Gasteiger partial charge is 0.372 e. The van der Waals surface area contributed by atoms with Crippen LogP contribution in [0.2, 0.25) is 0 Å². The third-order valence-corrected chi connectivity index (χ3v) is 4.37. The minimum atomic E-state index is -0.537. The van der Waals surface area contributed by atoms with Crippen molar-refractivity contribution < 1.29 is 8.78 Å². The molecule has 6 heteroatoms. The Bertz CT molecular complexity index is 814. The Morgan fingerprint density at radius 3 is 2.71 bits per heavy atom. The Balaban J connectivity index is 2.25. The van der Waals surface area contributed by atoms with Crippen molar-refractivity contribution in [2.45, 2.75) is 13.3 Å². The van der Waals surface area contributed by atoms with Gasteiger partial charge in [-0.15, -0.1) is 11.3 Å². The van der Waals surface area contributed by atoms with Crippen molar-refractivity contribution in [2.75, 3.05) is 12.4 Å². The highest BCUT2D eigenvalue weighted by Crippen LogP contribution is 2.32. The number of rotatable bonds is 3. The summed E-state index contributed by atoms with van der Waals surface area (Å²) in [6.45, 7) is 2.06. The number of aryl methyl sites for hydroxylation is 1. The normalized spacial score (nSPS) is 11.0. The van der Waals surface area contributed by atoms with E-state index in [0.717, 1.165) is 34.8 Å². The lowest BCUT2D eigenvalue weighted by atomic mass is 10.2. The van der Waals surface area contributed by atoms with E-state index in [0.29, 0.717) is 5.82 Å². The molecule has 0 saturated heterocycles. The Morgan fingerprint density at radius 1 is 1.19 bits per heavy atom. The molecule has 0 fully saturated rings. The Morgan fingerprint density at radius 2 is 2.00 bits per heavy atom. The van der Waals surface area contributed by atoms with Crippen LogP contribution in [0.5, 0.6) is 0 Å². The molecule has 0 aliphatic carbocycles. The van der Waals surface area contributed by atoms with Gasteiger partial charge in [-0.25, -0.2) is 18.7 Å². The predicted molar refractivity (Wildman–Crippen MR) is 81.7 cm³/mol. The van der Waals surface area contributed by atoms with Crippen LogP contribution in [-0.2, 0) is 6.42 Å². The van der Waals surface area contributed by atoms with Crippen LogP contribution < -0.4 is 5.32 Å². The second-order valence-corrected chi connectivity index (χ2v) is 5.67. The van der Waals surface area contributed by atoms with Crippen molar-refractivity contribution in [3.63, 3.8) is 0 Å². The van der Waals surface area contributed by atoms with E-state index in [-0.39, 0.29) is 11.4 Å². The first kappa shape index (κ1) is 13.9. The van der Waals surface area contributed by atoms with E-state index in [9.17, 15) is 8.78 Å². The number of aromatic nitrogens is 2. The number of anilines is 1. The maximum atomic E-state index is 13.9. The van der Waals surface area contributed by atoms with Crippen molar-refractivity contribution in [2.24, 2.45) is 0 Å². The zero-order valence-electron chi connectivity index (χ0n) is 11.6. The van der Waals surface area contributed by atoms with Gasteiger partial charge in [-0.3, -0.25) is 0 Å². The predicted octanol–water partition coefficient (Wildman–Crippen LogP) is 4.24. The molecule has 0 saturated carbocycles. The first-order valence-electron chi connectivity index (χ1n) is 6.56. The minimum Gasteiger partial charge on any atom is -0.372 e. The van der Waals surface area contributed by atoms with Crippen molar-refractivity contribution >= 4 is 27.4 Å². The second-order valence-electron chi connectivity index (χ2n) is 4.56. The maximum Gasteiger partial charge on any atom is 0.166 e. The summed E-state index contributed by atoms with van der Waals surface area (Å²) in [5.74, 6) is -0.241. The second kappa shape index (κ2) is 5.37. The van der Waals surface area contributed by atoms with Gasteiger partial charge in [0.25, 0.3) is 0 Å². The number of nitrogens with zero attached hydrogens (tertiary/aromatic N) is 2. The summed E-state index contributed by atoms with van der Waals surface area (Å²) in [4.78, 5) is 10.6. The summed E-state index contributed by atoms with van der Waals surface area (Å²) in [5, 5.41) is 3.89. The average molecular weight is 305 g/mol. The van der Waals surface area contributed by atoms with Gasteiger partial charge in [0.05, 0.1) is 10.9 Å². The fourth-order valence-corrected chi connectivity index (χ4v) is 3.09. The van der Waals surface area contributed by atoms with Gasteiger partial charge in [0, 0.05) is 11.9 Å². The molecule has 3 nitrogen and oxygen atoms in total. The molecular formula is C15H13F2N3S. The van der Waals surface area contributed by atoms with Crippen LogP contribution in [-0.4, -0.2) is 17.0 Å². The van der Waals surface area contributed by atoms with E-state index in [1.807, 2.05) is 6.07 Å². The van der Waals surface area contributed by atoms with Crippen LogP contribution in [0.3, 0.4) is 0 Å². The molecular weight excluding hydrogens is 292 g/mol. The van der Waals surface area contributed by atoms with Crippen LogP contribution in [0.15, 0.2) is 24.3 Å². The molecule has 3 rings (SSSR count). The van der Waals surface area contributed by atoms with Gasteiger partial charge in [0.2, 0.25) is 0 Å². The van der Waals surface area contributed by atoms with E-state index >= 15 is 0 Å². The van der Waals surface area contributed by atoms with Crippen molar-refractivity contribution in [3.8, 4) is 11.4 Å². The van der Waals surface area contributed by atoms with Gasteiger partial charge < -0.3 is 5.32 Å². The van der Waals surface area contributed by atoms with Crippen molar-refractivity contribution in [3.05, 3.63) is 40.8 Å². The van der Waals surface area contributed by atoms with Gasteiger partial charge in [0.15, 0.2) is 5.82 Å². The fourth-order valence-electron chi connectivity index (χ4n) is 2.13. The summed E-state index contributed by atoms with van der Waals surface area (Å²) < 4.78 is 27.3. The smallest absolute Gasteiger partial charge is 0.166 e. The number of hydrogen-bond donors (Lipinski definition) is 1. The number of fused-ring (bicyclic) bond motifs is 1. The van der Waals surface area contributed by atoms with E-state index in [1.54, 1.807) is 7.05 Å². The summed E-state index contributed by atoms with van der Waals surface area (Å²) in [6, 6.07) is 5.31. The number of nitrogens with one attached hydrogen (secondary N) is 1. The lowest BCUT2D eigenvalue weighted by Crippen LogP contribution is -1.98. The Labute approximate surface area is 124 Å². The van der Waals surface area contributed by atoms with E-state index < -0.39 is 11.6 Å². The standard InChI is InChI=1S/C15H13F2N3S/c1-3-9-7-11-13(18-2)19-14(20-15(11)21-9)10-6-8(16)4-5-12(10)17/h4-7H,3H2,1-2H3,(H,18,19,20). The summed E-state index contributed by atoms with van der Waals surface area (Å²) in [7, 11) is 1.75. The molecule has 2 aromatic heterocycles. The molecule has 21 heavy (non-hydrogen) atoms. The highest BCUT2D eigenvalue weighted by molar-refractivity contribution is 7.18. The maximum absolute atomic E-state index is 13.9. The van der Waals surface area contributed by atoms with Crippen LogP contribution in [0.1, 0.15) is 11.8 Å². The quantitative estimate of drug-likeness (QED) is 0.786. The number of hydrogen-bond acceptors (Lipinski definition) is 4. The summed E-state index contributed by atoms with van der Waals surface area (Å²) in [6.07, 6.45) is 0.897. The number of halogens is 2. The zero-order valence-corrected chi connectivity index (χ0v) is 12.4. The monoisotopic (exact) mass is 305 g/mol. The van der Waals surface area contributed by atoms with Crippen LogP contribution in [0.25, 0.3) is 21.6 Å².